The van der Waals surface area contributed by atoms with E-state index in [1.54, 1.807) is 6.08 Å². The molecule has 1 aliphatic rings. The number of aliphatic hydroxyl groups is 3. The minimum atomic E-state index is -4.46. The number of nitrogens with zero attached hydrogens (tertiary/aromatic N) is 1. The van der Waals surface area contributed by atoms with Crippen LogP contribution in [-0.2, 0) is 32.7 Å². The molecule has 61 heavy (non-hydrogen) atoms. The monoisotopic (exact) mass is 881 g/mol. The van der Waals surface area contributed by atoms with Crippen molar-refractivity contribution in [1.82, 2.24) is 0 Å². The van der Waals surface area contributed by atoms with Gasteiger partial charge in [-0.3, -0.25) is 18.6 Å². The molecule has 0 heterocycles. The molecule has 4 N–H and O–H groups in total. The van der Waals surface area contributed by atoms with Gasteiger partial charge < -0.3 is 34.2 Å². The highest BCUT2D eigenvalue weighted by Gasteiger charge is 2.39. The van der Waals surface area contributed by atoms with E-state index in [1.807, 2.05) is 39.4 Å². The smallest absolute Gasteiger partial charge is 0.462 e. The second-order valence-electron chi connectivity index (χ2n) is 17.0. The van der Waals surface area contributed by atoms with Gasteiger partial charge in [-0.25, -0.2) is 4.57 Å². The molecule has 7 atom stereocenters. The number of phosphoric acid groups is 1. The van der Waals surface area contributed by atoms with Crippen molar-refractivity contribution in [3.63, 3.8) is 0 Å². The first-order valence-electron chi connectivity index (χ1n) is 22.9. The molecule has 1 fully saturated rings. The normalized spacial score (nSPS) is 20.9. The summed E-state index contributed by atoms with van der Waals surface area (Å²) in [5.74, 6) is -1.45. The minimum Gasteiger partial charge on any atom is -0.462 e. The fourth-order valence-corrected chi connectivity index (χ4v) is 7.39. The molecule has 0 aromatic heterocycles. The zero-order valence-corrected chi connectivity index (χ0v) is 39.1. The third-order valence-corrected chi connectivity index (χ3v) is 11.3. The van der Waals surface area contributed by atoms with Gasteiger partial charge in [-0.05, 0) is 76.5 Å². The summed E-state index contributed by atoms with van der Waals surface area (Å²) in [6, 6.07) is 0. The number of carbonyl (C=O) groups is 2. The second kappa shape index (κ2) is 34.8. The zero-order chi connectivity index (χ0) is 45.2. The molecule has 0 aromatic rings. The number of ether oxygens (including phenoxy) is 2. The Bertz CT molecular complexity index is 1390. The van der Waals surface area contributed by atoms with Gasteiger partial charge in [-0.15, -0.1) is 0 Å². The number of hydrogen-bond acceptors (Lipinski definition) is 10. The Labute approximate surface area is 368 Å². The molecule has 0 amide bonds. The second-order valence-corrected chi connectivity index (χ2v) is 18.5. The molecule has 350 valence electrons. The Hall–Kier alpha value is -2.67. The van der Waals surface area contributed by atoms with Gasteiger partial charge in [-0.1, -0.05) is 119 Å². The number of phosphoric ester groups is 1. The summed E-state index contributed by atoms with van der Waals surface area (Å²) >= 11 is 0. The number of rotatable bonds is 36. The summed E-state index contributed by atoms with van der Waals surface area (Å²) in [7, 11) is 1.30. The Balaban J connectivity index is 2.52. The number of unbranched alkanes of at least 4 members (excludes halogenated alkanes) is 7. The highest BCUT2D eigenvalue weighted by atomic mass is 31.2. The molecule has 13 heteroatoms. The van der Waals surface area contributed by atoms with E-state index in [-0.39, 0.29) is 44.3 Å². The van der Waals surface area contributed by atoms with Crippen LogP contribution < -0.4 is 0 Å². The molecule has 1 unspecified atom stereocenters. The van der Waals surface area contributed by atoms with Crippen molar-refractivity contribution < 1.29 is 57.4 Å². The van der Waals surface area contributed by atoms with Crippen LogP contribution in [0.3, 0.4) is 0 Å². The lowest BCUT2D eigenvalue weighted by Gasteiger charge is -2.24. The number of hydrogen-bond donors (Lipinski definition) is 4. The predicted octanol–water partition coefficient (Wildman–Crippen LogP) is 9.40. The van der Waals surface area contributed by atoms with Crippen molar-refractivity contribution in [2.45, 2.75) is 160 Å². The maximum atomic E-state index is 12.8. The number of allylic oxidation sites excluding steroid dienone is 10. The summed E-state index contributed by atoms with van der Waals surface area (Å²) < 4.78 is 34.3. The van der Waals surface area contributed by atoms with Gasteiger partial charge in [0.15, 0.2) is 6.10 Å². The van der Waals surface area contributed by atoms with Gasteiger partial charge in [0.1, 0.15) is 19.8 Å². The molecular formula is C48H83NO11P+. The van der Waals surface area contributed by atoms with Crippen LogP contribution in [0.4, 0.5) is 0 Å². The van der Waals surface area contributed by atoms with Crippen LogP contribution >= 0.6 is 7.82 Å². The first-order valence-corrected chi connectivity index (χ1v) is 24.4. The number of likely N-dealkylation sites (N-methyl/N-ethyl adjacent to an activating group) is 1. The van der Waals surface area contributed by atoms with E-state index >= 15 is 0 Å². The Morgan fingerprint density at radius 1 is 0.738 bits per heavy atom. The molecule has 0 aliphatic heterocycles. The highest BCUT2D eigenvalue weighted by molar-refractivity contribution is 7.47. The summed E-state index contributed by atoms with van der Waals surface area (Å²) in [5, 5.41) is 31.4. The average Bonchev–Trinajstić information content (AvgIpc) is 3.47. The van der Waals surface area contributed by atoms with Crippen molar-refractivity contribution in [3.8, 4) is 0 Å². The maximum Gasteiger partial charge on any atom is 0.472 e. The van der Waals surface area contributed by atoms with Crippen LogP contribution in [-0.4, -0.2) is 109 Å². The first-order chi connectivity index (χ1) is 29.2. The van der Waals surface area contributed by atoms with Crippen LogP contribution in [0.5, 0.6) is 0 Å². The highest BCUT2D eigenvalue weighted by Crippen LogP contribution is 2.43. The molecular weight excluding hydrogens is 797 g/mol. The lowest BCUT2D eigenvalue weighted by molar-refractivity contribution is -0.870. The molecule has 1 saturated carbocycles. The standard InChI is InChI=1S/C48H82NO11P/c1-6-8-10-11-12-13-14-15-16-17-18-19-20-21-22-23-28-32-47(53)57-39-42(40-59-61(55,56)58-37-36-49(3,4)5)60-48(54)33-29-25-24-27-31-43-44(46(52)38-45(43)51)35-34-41(50)30-26-9-7-2/h8,10,12-13,15-16,18-19,24,27,34-35,41-46,50-52H,6-7,9,11,14,17,20-23,25-26,28-33,36-40H2,1-5H3/p+1/b10-8-,13-12-,16-15-,19-18-,27-24+,35-34+/t41-,42+,43+,44+,45-,46+/m0/s1. The number of carbonyl (C=O) groups excluding carboxylic acids is 2. The third-order valence-electron chi connectivity index (χ3n) is 10.3. The predicted molar refractivity (Wildman–Crippen MR) is 244 cm³/mol. The Morgan fingerprint density at radius 2 is 1.36 bits per heavy atom. The molecule has 0 spiro atoms. The van der Waals surface area contributed by atoms with Crippen LogP contribution in [0.2, 0.25) is 0 Å². The fourth-order valence-electron chi connectivity index (χ4n) is 6.64. The summed E-state index contributed by atoms with van der Waals surface area (Å²) in [6.07, 6.45) is 36.2. The molecule has 0 radical (unpaired) electrons. The average molecular weight is 881 g/mol. The van der Waals surface area contributed by atoms with Crippen LogP contribution in [0.15, 0.2) is 72.9 Å². The van der Waals surface area contributed by atoms with Crippen molar-refractivity contribution in [2.75, 3.05) is 47.5 Å². The van der Waals surface area contributed by atoms with Crippen molar-refractivity contribution >= 4 is 19.8 Å². The van der Waals surface area contributed by atoms with Crippen molar-refractivity contribution in [2.24, 2.45) is 11.8 Å². The quantitative estimate of drug-likeness (QED) is 0.0156. The van der Waals surface area contributed by atoms with Gasteiger partial charge in [0, 0.05) is 25.2 Å². The molecule has 12 nitrogen and oxygen atoms in total. The Kier molecular flexibility index (Phi) is 32.1. The number of quaternary nitrogens is 1. The van der Waals surface area contributed by atoms with Crippen molar-refractivity contribution in [3.05, 3.63) is 72.9 Å². The molecule has 1 rings (SSSR count). The first kappa shape index (κ1) is 56.3. The third kappa shape index (κ3) is 31.8. The topological polar surface area (TPSA) is 169 Å². The summed E-state index contributed by atoms with van der Waals surface area (Å²) in [6.45, 7) is 3.87. The SMILES string of the molecule is CC/C=C\C/C=C\C/C=C\C/C=C\CCCCCCC(=O)OC[C@H](COP(=O)(O)OCC[N+](C)(C)C)OC(=O)CCC/C=C/C[C@@H]1[C@@H](/C=C/[C@@H](O)CCCCC)[C@H](O)C[C@@H]1O. The number of esters is 2. The molecule has 0 saturated heterocycles. The lowest BCUT2D eigenvalue weighted by Crippen LogP contribution is -2.37. The van der Waals surface area contributed by atoms with E-state index in [0.717, 1.165) is 70.6 Å². The zero-order valence-electron chi connectivity index (χ0n) is 38.2. The summed E-state index contributed by atoms with van der Waals surface area (Å²) in [4.78, 5) is 35.6. The van der Waals surface area contributed by atoms with E-state index in [0.29, 0.717) is 43.1 Å². The lowest BCUT2D eigenvalue weighted by atomic mass is 9.89. The van der Waals surface area contributed by atoms with E-state index in [1.165, 1.54) is 0 Å². The van der Waals surface area contributed by atoms with Crippen LogP contribution in [0, 0.1) is 11.8 Å². The van der Waals surface area contributed by atoms with Crippen LogP contribution in [0.1, 0.15) is 136 Å². The van der Waals surface area contributed by atoms with E-state index in [2.05, 4.69) is 62.5 Å². The van der Waals surface area contributed by atoms with E-state index in [9.17, 15) is 34.4 Å². The molecule has 0 aromatic carbocycles. The van der Waals surface area contributed by atoms with Gasteiger partial charge in [0.05, 0.1) is 46.1 Å². The van der Waals surface area contributed by atoms with E-state index < -0.39 is 50.8 Å². The van der Waals surface area contributed by atoms with Gasteiger partial charge in [0.25, 0.3) is 0 Å². The molecule has 0 bridgehead atoms. The molecule has 1 aliphatic carbocycles. The fraction of sp³-hybridized carbons (Fsp3) is 0.708. The summed E-state index contributed by atoms with van der Waals surface area (Å²) in [5.41, 5.74) is 0. The maximum absolute atomic E-state index is 12.8. The van der Waals surface area contributed by atoms with Gasteiger partial charge in [0.2, 0.25) is 0 Å². The van der Waals surface area contributed by atoms with Crippen molar-refractivity contribution in [1.29, 1.82) is 0 Å². The van der Waals surface area contributed by atoms with Gasteiger partial charge >= 0.3 is 19.8 Å². The van der Waals surface area contributed by atoms with E-state index in [4.69, 9.17) is 18.5 Å². The van der Waals surface area contributed by atoms with Gasteiger partial charge in [-0.2, -0.15) is 0 Å². The Morgan fingerprint density at radius 3 is 2.03 bits per heavy atom. The minimum absolute atomic E-state index is 0.0203. The number of aliphatic hydroxyl groups excluding tert-OH is 3. The largest absolute Gasteiger partial charge is 0.472 e. The van der Waals surface area contributed by atoms with Crippen LogP contribution in [0.25, 0.3) is 0 Å².